The fourth-order valence-electron chi connectivity index (χ4n) is 1.41. The summed E-state index contributed by atoms with van der Waals surface area (Å²) in [6.07, 6.45) is 1.85. The van der Waals surface area contributed by atoms with E-state index >= 15 is 0 Å². The van der Waals surface area contributed by atoms with Gasteiger partial charge in [-0.1, -0.05) is 15.9 Å². The van der Waals surface area contributed by atoms with E-state index < -0.39 is 5.69 Å². The smallest absolute Gasteiger partial charge is 0.297 e. The molecule has 6 heteroatoms. The third-order valence-electron chi connectivity index (χ3n) is 2.03. The van der Waals surface area contributed by atoms with Crippen LogP contribution in [0.4, 0.5) is 5.82 Å². The SMILES string of the molecule is O=C1CC(Br)CN1c1ccnc(=O)[nH]1. The largest absolute Gasteiger partial charge is 0.346 e. The highest BCUT2D eigenvalue weighted by molar-refractivity contribution is 9.09. The first kappa shape index (κ1) is 9.39. The van der Waals surface area contributed by atoms with Gasteiger partial charge in [-0.15, -0.1) is 0 Å². The van der Waals surface area contributed by atoms with E-state index in [4.69, 9.17) is 0 Å². The minimum atomic E-state index is -0.437. The number of nitrogens with one attached hydrogen (secondary N) is 1. The molecule has 2 rings (SSSR count). The van der Waals surface area contributed by atoms with Crippen LogP contribution in [0.1, 0.15) is 6.42 Å². The van der Waals surface area contributed by atoms with Crippen LogP contribution < -0.4 is 10.6 Å². The van der Waals surface area contributed by atoms with Crippen molar-refractivity contribution in [2.75, 3.05) is 11.4 Å². The van der Waals surface area contributed by atoms with Crippen molar-refractivity contribution >= 4 is 27.7 Å². The summed E-state index contributed by atoms with van der Waals surface area (Å²) in [5.41, 5.74) is -0.437. The molecule has 1 unspecified atom stereocenters. The lowest BCUT2D eigenvalue weighted by atomic mass is 10.4. The Balaban J connectivity index is 2.32. The van der Waals surface area contributed by atoms with Crippen molar-refractivity contribution in [1.29, 1.82) is 0 Å². The van der Waals surface area contributed by atoms with Crippen LogP contribution in [0.3, 0.4) is 0 Å². The van der Waals surface area contributed by atoms with Gasteiger partial charge >= 0.3 is 5.69 Å². The number of H-pyrrole nitrogens is 1. The maximum Gasteiger partial charge on any atom is 0.346 e. The van der Waals surface area contributed by atoms with Crippen molar-refractivity contribution in [3.63, 3.8) is 0 Å². The topological polar surface area (TPSA) is 66.1 Å². The van der Waals surface area contributed by atoms with Gasteiger partial charge in [-0.3, -0.25) is 14.7 Å². The molecule has 14 heavy (non-hydrogen) atoms. The van der Waals surface area contributed by atoms with Crippen molar-refractivity contribution in [2.24, 2.45) is 0 Å². The third kappa shape index (κ3) is 1.70. The van der Waals surface area contributed by atoms with Crippen LogP contribution in [0.15, 0.2) is 17.1 Å². The molecule has 0 bridgehead atoms. The molecular formula is C8H8BrN3O2. The molecule has 0 aliphatic carbocycles. The summed E-state index contributed by atoms with van der Waals surface area (Å²) in [4.78, 5) is 30.1. The predicted molar refractivity (Wildman–Crippen MR) is 54.5 cm³/mol. The third-order valence-corrected chi connectivity index (χ3v) is 2.64. The van der Waals surface area contributed by atoms with E-state index in [2.05, 4.69) is 25.9 Å². The summed E-state index contributed by atoms with van der Waals surface area (Å²) in [5.74, 6) is 0.519. The summed E-state index contributed by atoms with van der Waals surface area (Å²) in [6.45, 7) is 0.582. The second-order valence-electron chi connectivity index (χ2n) is 3.07. The van der Waals surface area contributed by atoms with E-state index in [9.17, 15) is 9.59 Å². The first-order chi connectivity index (χ1) is 6.66. The number of nitrogens with zero attached hydrogens (tertiary/aromatic N) is 2. The average Bonchev–Trinajstić information content (AvgIpc) is 2.45. The van der Waals surface area contributed by atoms with E-state index in [0.717, 1.165) is 0 Å². The van der Waals surface area contributed by atoms with Crippen molar-refractivity contribution in [3.05, 3.63) is 22.7 Å². The van der Waals surface area contributed by atoms with Crippen molar-refractivity contribution in [3.8, 4) is 0 Å². The molecule has 1 aliphatic rings. The maximum atomic E-state index is 11.4. The number of hydrogen-bond acceptors (Lipinski definition) is 3. The number of carbonyl (C=O) groups is 1. The minimum Gasteiger partial charge on any atom is -0.297 e. The zero-order valence-corrected chi connectivity index (χ0v) is 8.82. The van der Waals surface area contributed by atoms with Crippen LogP contribution in [0.5, 0.6) is 0 Å². The monoisotopic (exact) mass is 257 g/mol. The Kier molecular flexibility index (Phi) is 2.37. The summed E-state index contributed by atoms with van der Waals surface area (Å²) in [6, 6.07) is 1.62. The van der Waals surface area contributed by atoms with Gasteiger partial charge in [-0.2, -0.15) is 0 Å². The maximum absolute atomic E-state index is 11.4. The van der Waals surface area contributed by atoms with Crippen LogP contribution >= 0.6 is 15.9 Å². The van der Waals surface area contributed by atoms with Crippen LogP contribution in [0.25, 0.3) is 0 Å². The molecule has 1 aliphatic heterocycles. The van der Waals surface area contributed by atoms with Gasteiger partial charge in [0.2, 0.25) is 5.91 Å². The lowest BCUT2D eigenvalue weighted by molar-refractivity contribution is -0.117. The molecule has 1 atom stereocenters. The van der Waals surface area contributed by atoms with Gasteiger partial charge in [0, 0.05) is 24.0 Å². The van der Waals surface area contributed by atoms with Gasteiger partial charge < -0.3 is 0 Å². The van der Waals surface area contributed by atoms with Gasteiger partial charge in [0.15, 0.2) is 0 Å². The molecule has 74 valence electrons. The van der Waals surface area contributed by atoms with Gasteiger partial charge in [0.1, 0.15) is 5.82 Å². The van der Waals surface area contributed by atoms with E-state index in [1.807, 2.05) is 0 Å². The van der Waals surface area contributed by atoms with Gasteiger partial charge in [0.25, 0.3) is 0 Å². The zero-order valence-electron chi connectivity index (χ0n) is 7.24. The lowest BCUT2D eigenvalue weighted by Gasteiger charge is -2.14. The Morgan fingerprint density at radius 1 is 1.57 bits per heavy atom. The van der Waals surface area contributed by atoms with Crippen LogP contribution in [0, 0.1) is 0 Å². The number of rotatable bonds is 1. The van der Waals surface area contributed by atoms with Crippen LogP contribution in [-0.4, -0.2) is 27.2 Å². The molecule has 1 aromatic rings. The standard InChI is InChI=1S/C8H8BrN3O2/c9-5-3-7(13)12(4-5)6-1-2-10-8(14)11-6/h1-2,5H,3-4H2,(H,10,11,14). The minimum absolute atomic E-state index is 0.00808. The highest BCUT2D eigenvalue weighted by Gasteiger charge is 2.29. The fraction of sp³-hybridized carbons (Fsp3) is 0.375. The van der Waals surface area contributed by atoms with Crippen molar-refractivity contribution in [2.45, 2.75) is 11.2 Å². The molecule has 0 radical (unpaired) electrons. The highest BCUT2D eigenvalue weighted by Crippen LogP contribution is 2.22. The predicted octanol–water partition coefficient (Wildman–Crippen LogP) is 0.270. The molecule has 0 spiro atoms. The van der Waals surface area contributed by atoms with E-state index in [1.54, 1.807) is 11.0 Å². The second kappa shape index (κ2) is 3.53. The number of aromatic amines is 1. The molecule has 1 aromatic heterocycles. The molecular weight excluding hydrogens is 250 g/mol. The number of halogens is 1. The molecule has 0 aromatic carbocycles. The number of hydrogen-bond donors (Lipinski definition) is 1. The first-order valence-electron chi connectivity index (χ1n) is 4.16. The Bertz CT molecular complexity index is 417. The summed E-state index contributed by atoms with van der Waals surface area (Å²) in [7, 11) is 0. The fourth-order valence-corrected chi connectivity index (χ4v) is 1.98. The molecule has 1 fully saturated rings. The quantitative estimate of drug-likeness (QED) is 0.735. The number of amides is 1. The van der Waals surface area contributed by atoms with Crippen molar-refractivity contribution < 1.29 is 4.79 Å². The van der Waals surface area contributed by atoms with E-state index in [-0.39, 0.29) is 10.7 Å². The molecule has 1 amide bonds. The highest BCUT2D eigenvalue weighted by atomic mass is 79.9. The van der Waals surface area contributed by atoms with Crippen molar-refractivity contribution in [1.82, 2.24) is 9.97 Å². The molecule has 2 heterocycles. The molecule has 5 nitrogen and oxygen atoms in total. The number of alkyl halides is 1. The second-order valence-corrected chi connectivity index (χ2v) is 4.36. The average molecular weight is 258 g/mol. The lowest BCUT2D eigenvalue weighted by Crippen LogP contribution is -2.27. The molecule has 1 saturated heterocycles. The Labute approximate surface area is 88.3 Å². The number of anilines is 1. The number of carbonyl (C=O) groups excluding carboxylic acids is 1. The normalized spacial score (nSPS) is 21.6. The van der Waals surface area contributed by atoms with Gasteiger partial charge in [0.05, 0.1) is 0 Å². The van der Waals surface area contributed by atoms with Gasteiger partial charge in [-0.25, -0.2) is 9.78 Å². The Morgan fingerprint density at radius 2 is 2.36 bits per heavy atom. The summed E-state index contributed by atoms with van der Waals surface area (Å²) < 4.78 is 0. The van der Waals surface area contributed by atoms with Crippen LogP contribution in [0.2, 0.25) is 0 Å². The van der Waals surface area contributed by atoms with E-state index in [1.165, 1.54) is 6.20 Å². The summed E-state index contributed by atoms with van der Waals surface area (Å²) in [5, 5.41) is 0. The molecule has 1 N–H and O–H groups in total. The number of aromatic nitrogens is 2. The zero-order chi connectivity index (χ0) is 10.1. The first-order valence-corrected chi connectivity index (χ1v) is 5.08. The Hall–Kier alpha value is -1.17. The summed E-state index contributed by atoms with van der Waals surface area (Å²) >= 11 is 3.36. The van der Waals surface area contributed by atoms with Gasteiger partial charge in [-0.05, 0) is 6.07 Å². The van der Waals surface area contributed by atoms with E-state index in [0.29, 0.717) is 18.8 Å². The Morgan fingerprint density at radius 3 is 2.93 bits per heavy atom. The molecule has 0 saturated carbocycles. The van der Waals surface area contributed by atoms with Crippen LogP contribution in [-0.2, 0) is 4.79 Å².